The van der Waals surface area contributed by atoms with Gasteiger partial charge < -0.3 is 4.90 Å². The van der Waals surface area contributed by atoms with Crippen molar-refractivity contribution in [2.45, 2.75) is 58.9 Å². The van der Waals surface area contributed by atoms with E-state index >= 15 is 0 Å². The second-order valence-corrected chi connectivity index (χ2v) is 6.59. The molecule has 0 spiro atoms. The third-order valence-electron chi connectivity index (χ3n) is 5.40. The number of carbonyl (C=O) groups excluding carboxylic acids is 1. The largest absolute Gasteiger partial charge is 0.361 e. The van der Waals surface area contributed by atoms with Crippen molar-refractivity contribution in [3.8, 4) is 0 Å². The van der Waals surface area contributed by atoms with Crippen LogP contribution in [0.3, 0.4) is 0 Å². The van der Waals surface area contributed by atoms with E-state index in [-0.39, 0.29) is 12.0 Å². The van der Waals surface area contributed by atoms with Crippen molar-refractivity contribution < 1.29 is 4.79 Å². The van der Waals surface area contributed by atoms with E-state index in [4.69, 9.17) is 0 Å². The van der Waals surface area contributed by atoms with E-state index in [1.165, 1.54) is 35.2 Å². The molecule has 1 aromatic rings. The van der Waals surface area contributed by atoms with Gasteiger partial charge in [0.25, 0.3) is 0 Å². The highest BCUT2D eigenvalue weighted by Crippen LogP contribution is 2.44. The smallest absolute Gasteiger partial charge is 0.166 e. The van der Waals surface area contributed by atoms with Gasteiger partial charge in [0, 0.05) is 18.2 Å². The number of hydrogen-bond acceptors (Lipinski definition) is 2. The lowest BCUT2D eigenvalue weighted by atomic mass is 9.75. The predicted octanol–water partition coefficient (Wildman–Crippen LogP) is 4.80. The van der Waals surface area contributed by atoms with Gasteiger partial charge in [0.05, 0.1) is 0 Å². The maximum absolute atomic E-state index is 13.3. The summed E-state index contributed by atoms with van der Waals surface area (Å²) in [7, 11) is 0. The zero-order valence-electron chi connectivity index (χ0n) is 14.1. The van der Waals surface area contributed by atoms with Crippen LogP contribution in [0.15, 0.2) is 35.5 Å². The van der Waals surface area contributed by atoms with Crippen LogP contribution in [0.1, 0.15) is 63.1 Å². The van der Waals surface area contributed by atoms with Crippen LogP contribution in [0.2, 0.25) is 0 Å². The fourth-order valence-electron chi connectivity index (χ4n) is 4.32. The first-order chi connectivity index (χ1) is 10.7. The summed E-state index contributed by atoms with van der Waals surface area (Å²) in [6, 6.07) is 8.32. The topological polar surface area (TPSA) is 20.3 Å². The third kappa shape index (κ3) is 2.39. The van der Waals surface area contributed by atoms with Gasteiger partial charge in [-0.15, -0.1) is 0 Å². The van der Waals surface area contributed by atoms with Gasteiger partial charge in [0.15, 0.2) is 5.78 Å². The van der Waals surface area contributed by atoms with Crippen LogP contribution in [0.4, 0.5) is 0 Å². The van der Waals surface area contributed by atoms with Crippen molar-refractivity contribution in [2.75, 3.05) is 6.54 Å². The molecule has 0 radical (unpaired) electrons. The minimum Gasteiger partial charge on any atom is -0.361 e. The fourth-order valence-corrected chi connectivity index (χ4v) is 4.32. The molecule has 1 heterocycles. The van der Waals surface area contributed by atoms with Crippen molar-refractivity contribution >= 4 is 5.78 Å². The second-order valence-electron chi connectivity index (χ2n) is 6.59. The van der Waals surface area contributed by atoms with Crippen molar-refractivity contribution in [2.24, 2.45) is 5.92 Å². The van der Waals surface area contributed by atoms with E-state index in [2.05, 4.69) is 49.9 Å². The van der Waals surface area contributed by atoms with Crippen LogP contribution in [0, 0.1) is 12.8 Å². The molecule has 1 aliphatic heterocycles. The summed E-state index contributed by atoms with van der Waals surface area (Å²) in [5.74, 6) is 0.557. The van der Waals surface area contributed by atoms with Gasteiger partial charge in [0.1, 0.15) is 6.04 Å². The molecule has 3 rings (SSSR count). The normalized spacial score (nSPS) is 25.4. The molecule has 2 atom stereocenters. The number of rotatable bonds is 3. The molecule has 0 saturated heterocycles. The molecule has 118 valence electrons. The van der Waals surface area contributed by atoms with Crippen LogP contribution >= 0.6 is 0 Å². The first kappa shape index (κ1) is 15.3. The van der Waals surface area contributed by atoms with E-state index in [9.17, 15) is 4.79 Å². The lowest BCUT2D eigenvalue weighted by Crippen LogP contribution is -2.43. The summed E-state index contributed by atoms with van der Waals surface area (Å²) >= 11 is 0. The monoisotopic (exact) mass is 297 g/mol. The number of hydrogen-bond donors (Lipinski definition) is 0. The van der Waals surface area contributed by atoms with Crippen molar-refractivity contribution in [3.63, 3.8) is 0 Å². The highest BCUT2D eigenvalue weighted by atomic mass is 16.1. The quantitative estimate of drug-likeness (QED) is 0.799. The summed E-state index contributed by atoms with van der Waals surface area (Å²) < 4.78 is 0. The van der Waals surface area contributed by atoms with Gasteiger partial charge in [-0.3, -0.25) is 4.79 Å². The molecule has 0 fully saturated rings. The highest BCUT2D eigenvalue weighted by molar-refractivity contribution is 5.91. The summed E-state index contributed by atoms with van der Waals surface area (Å²) in [6.07, 6.45) is 5.72. The zero-order chi connectivity index (χ0) is 15.7. The third-order valence-corrected chi connectivity index (χ3v) is 5.40. The minimum atomic E-state index is -0.0759. The molecular weight excluding hydrogens is 270 g/mol. The zero-order valence-corrected chi connectivity index (χ0v) is 14.1. The lowest BCUT2D eigenvalue weighted by Gasteiger charge is -2.44. The van der Waals surface area contributed by atoms with E-state index in [0.717, 1.165) is 25.8 Å². The number of carbonyl (C=O) groups is 1. The van der Waals surface area contributed by atoms with E-state index in [0.29, 0.717) is 5.78 Å². The maximum atomic E-state index is 13.3. The first-order valence-corrected chi connectivity index (χ1v) is 8.76. The van der Waals surface area contributed by atoms with Crippen LogP contribution in [0.25, 0.3) is 0 Å². The summed E-state index contributed by atoms with van der Waals surface area (Å²) in [4.78, 5) is 15.7. The highest BCUT2D eigenvalue weighted by Gasteiger charge is 2.41. The summed E-state index contributed by atoms with van der Waals surface area (Å²) in [5, 5.41) is 0. The molecule has 0 amide bonds. The number of ketones is 1. The minimum absolute atomic E-state index is 0.0759. The number of benzene rings is 1. The van der Waals surface area contributed by atoms with Gasteiger partial charge in [0.2, 0.25) is 0 Å². The molecular formula is C20H27NO. The van der Waals surface area contributed by atoms with Crippen molar-refractivity contribution in [3.05, 3.63) is 46.7 Å². The lowest BCUT2D eigenvalue weighted by molar-refractivity contribution is -0.128. The Labute approximate surface area is 134 Å². The Balaban J connectivity index is 2.12. The predicted molar refractivity (Wildman–Crippen MR) is 90.6 cm³/mol. The molecule has 0 aromatic heterocycles. The standard InChI is InChI=1S/C20H27NO/c1-4-15-17-12-8-9-13-18(17)21(5-2)19(20(15)22)16-11-7-6-10-14(16)3/h6-7,10-11,15,19H,4-5,8-9,12-13H2,1-3H3. The molecule has 0 bridgehead atoms. The Bertz CT molecular complexity index is 601. The molecule has 22 heavy (non-hydrogen) atoms. The Morgan fingerprint density at radius 1 is 1.14 bits per heavy atom. The first-order valence-electron chi connectivity index (χ1n) is 8.76. The van der Waals surface area contributed by atoms with E-state index in [1.807, 2.05) is 0 Å². The SMILES string of the molecule is CCC1C(=O)C(c2ccccc2C)N(CC)C2=C1CCCC2. The van der Waals surface area contributed by atoms with Gasteiger partial charge in [-0.25, -0.2) is 0 Å². The van der Waals surface area contributed by atoms with E-state index in [1.54, 1.807) is 0 Å². The number of allylic oxidation sites excluding steroid dienone is 2. The number of likely N-dealkylation sites (N-methyl/N-ethyl adjacent to an activating group) is 1. The molecule has 1 aliphatic carbocycles. The molecule has 2 nitrogen and oxygen atoms in total. The van der Waals surface area contributed by atoms with Crippen LogP contribution in [0.5, 0.6) is 0 Å². The van der Waals surface area contributed by atoms with Gasteiger partial charge in [-0.1, -0.05) is 31.2 Å². The van der Waals surface area contributed by atoms with Crippen LogP contribution < -0.4 is 0 Å². The summed E-state index contributed by atoms with van der Waals surface area (Å²) in [6.45, 7) is 7.39. The number of aryl methyl sites for hydroxylation is 1. The number of Topliss-reactive ketones (excluding diaryl/α,β-unsaturated/α-hetero) is 1. The van der Waals surface area contributed by atoms with E-state index < -0.39 is 0 Å². The van der Waals surface area contributed by atoms with Gasteiger partial charge >= 0.3 is 0 Å². The second kappa shape index (κ2) is 6.28. The van der Waals surface area contributed by atoms with Crippen LogP contribution in [-0.2, 0) is 4.79 Å². The Morgan fingerprint density at radius 2 is 1.86 bits per heavy atom. The molecule has 2 aliphatic rings. The average molecular weight is 297 g/mol. The molecule has 2 heteroatoms. The Morgan fingerprint density at radius 3 is 2.55 bits per heavy atom. The van der Waals surface area contributed by atoms with Crippen molar-refractivity contribution in [1.29, 1.82) is 0 Å². The van der Waals surface area contributed by atoms with Crippen molar-refractivity contribution in [1.82, 2.24) is 4.90 Å². The fraction of sp³-hybridized carbons (Fsp3) is 0.550. The summed E-state index contributed by atoms with van der Waals surface area (Å²) in [5.41, 5.74) is 5.36. The number of nitrogens with zero attached hydrogens (tertiary/aromatic N) is 1. The van der Waals surface area contributed by atoms with Gasteiger partial charge in [-0.2, -0.15) is 0 Å². The molecule has 1 aromatic carbocycles. The van der Waals surface area contributed by atoms with Gasteiger partial charge in [-0.05, 0) is 62.7 Å². The average Bonchev–Trinajstić information content (AvgIpc) is 2.54. The molecule has 2 unspecified atom stereocenters. The Kier molecular flexibility index (Phi) is 4.37. The maximum Gasteiger partial charge on any atom is 0.166 e. The molecule has 0 saturated carbocycles. The van der Waals surface area contributed by atoms with Crippen LogP contribution in [-0.4, -0.2) is 17.2 Å². The Hall–Kier alpha value is -1.57. The molecule has 0 N–H and O–H groups in total.